The number of hydrogen-bond donors (Lipinski definition) is 2. The van der Waals surface area contributed by atoms with Gasteiger partial charge in [0.1, 0.15) is 11.3 Å². The van der Waals surface area contributed by atoms with Crippen molar-refractivity contribution in [3.63, 3.8) is 0 Å². The third kappa shape index (κ3) is 2.98. The van der Waals surface area contributed by atoms with Gasteiger partial charge in [0.15, 0.2) is 0 Å². The fraction of sp³-hybridized carbons (Fsp3) is 0.154. The minimum atomic E-state index is -0.795. The van der Waals surface area contributed by atoms with Crippen LogP contribution in [0, 0.1) is 0 Å². The van der Waals surface area contributed by atoms with Crippen LogP contribution >= 0.6 is 0 Å². The van der Waals surface area contributed by atoms with Gasteiger partial charge in [-0.05, 0) is 24.1 Å². The molecule has 2 N–H and O–H groups in total. The van der Waals surface area contributed by atoms with E-state index >= 15 is 0 Å². The summed E-state index contributed by atoms with van der Waals surface area (Å²) in [4.78, 5) is 33.8. The SMILES string of the molecule is COc1ccc(CC=C2C(=O)NC(=O)NC2=O)cc1. The molecule has 0 saturated carbocycles. The van der Waals surface area contributed by atoms with E-state index in [0.29, 0.717) is 6.42 Å². The van der Waals surface area contributed by atoms with Gasteiger partial charge in [0, 0.05) is 0 Å². The van der Waals surface area contributed by atoms with E-state index in [1.165, 1.54) is 6.08 Å². The largest absolute Gasteiger partial charge is 0.497 e. The molecule has 1 heterocycles. The Kier molecular flexibility index (Phi) is 3.61. The van der Waals surface area contributed by atoms with Crippen LogP contribution in [0.15, 0.2) is 35.9 Å². The van der Waals surface area contributed by atoms with Crippen LogP contribution in [0.25, 0.3) is 0 Å². The first-order valence-corrected chi connectivity index (χ1v) is 5.60. The minimum Gasteiger partial charge on any atom is -0.497 e. The zero-order chi connectivity index (χ0) is 13.8. The van der Waals surface area contributed by atoms with E-state index in [2.05, 4.69) is 0 Å². The molecule has 1 saturated heterocycles. The van der Waals surface area contributed by atoms with Crippen molar-refractivity contribution in [1.29, 1.82) is 0 Å². The Bertz CT molecular complexity index is 539. The Morgan fingerprint density at radius 3 is 2.16 bits per heavy atom. The second-order valence-corrected chi connectivity index (χ2v) is 3.91. The number of methoxy groups -OCH3 is 1. The molecule has 98 valence electrons. The highest BCUT2D eigenvalue weighted by Crippen LogP contribution is 2.13. The molecular formula is C13H12N2O4. The number of ether oxygens (including phenoxy) is 1. The molecule has 0 radical (unpaired) electrons. The zero-order valence-corrected chi connectivity index (χ0v) is 10.2. The quantitative estimate of drug-likeness (QED) is 0.613. The van der Waals surface area contributed by atoms with Crippen molar-refractivity contribution < 1.29 is 19.1 Å². The Morgan fingerprint density at radius 2 is 1.63 bits per heavy atom. The van der Waals surface area contributed by atoms with Gasteiger partial charge < -0.3 is 4.74 Å². The monoisotopic (exact) mass is 260 g/mol. The molecule has 1 fully saturated rings. The maximum atomic E-state index is 11.5. The lowest BCUT2D eigenvalue weighted by Gasteiger charge is -2.13. The number of imide groups is 2. The molecule has 0 aromatic heterocycles. The number of carbonyl (C=O) groups is 3. The second kappa shape index (κ2) is 5.34. The van der Waals surface area contributed by atoms with E-state index in [-0.39, 0.29) is 5.57 Å². The van der Waals surface area contributed by atoms with Crippen LogP contribution in [-0.4, -0.2) is 25.0 Å². The van der Waals surface area contributed by atoms with Crippen LogP contribution in [0.4, 0.5) is 4.79 Å². The molecule has 2 rings (SSSR count). The van der Waals surface area contributed by atoms with Crippen molar-refractivity contribution in [2.24, 2.45) is 0 Å². The van der Waals surface area contributed by atoms with Gasteiger partial charge in [-0.1, -0.05) is 18.2 Å². The molecule has 1 aliphatic rings. The summed E-state index contributed by atoms with van der Waals surface area (Å²) in [7, 11) is 1.57. The second-order valence-electron chi connectivity index (χ2n) is 3.91. The molecule has 0 spiro atoms. The van der Waals surface area contributed by atoms with Crippen LogP contribution in [0.1, 0.15) is 5.56 Å². The number of allylic oxidation sites excluding steroid dienone is 1. The van der Waals surface area contributed by atoms with Gasteiger partial charge in [0.2, 0.25) is 0 Å². The minimum absolute atomic E-state index is 0.0598. The number of nitrogens with one attached hydrogen (secondary N) is 2. The van der Waals surface area contributed by atoms with Crippen LogP contribution in [0.5, 0.6) is 5.75 Å². The summed E-state index contributed by atoms with van der Waals surface area (Å²) in [5.41, 5.74) is 0.862. The normalized spacial score (nSPS) is 14.8. The maximum absolute atomic E-state index is 11.5. The lowest BCUT2D eigenvalue weighted by molar-refractivity contribution is -0.124. The van der Waals surface area contributed by atoms with Crippen LogP contribution in [-0.2, 0) is 16.0 Å². The lowest BCUT2D eigenvalue weighted by Crippen LogP contribution is -2.51. The number of benzene rings is 1. The van der Waals surface area contributed by atoms with Crippen LogP contribution < -0.4 is 15.4 Å². The van der Waals surface area contributed by atoms with Crippen molar-refractivity contribution in [2.75, 3.05) is 7.11 Å². The van der Waals surface area contributed by atoms with Crippen molar-refractivity contribution in [3.8, 4) is 5.75 Å². The van der Waals surface area contributed by atoms with Gasteiger partial charge >= 0.3 is 6.03 Å². The molecule has 0 atom stereocenters. The zero-order valence-electron chi connectivity index (χ0n) is 10.2. The van der Waals surface area contributed by atoms with E-state index in [0.717, 1.165) is 11.3 Å². The molecule has 6 heteroatoms. The van der Waals surface area contributed by atoms with Gasteiger partial charge in [-0.15, -0.1) is 0 Å². The fourth-order valence-electron chi connectivity index (χ4n) is 1.64. The number of carbonyl (C=O) groups excluding carboxylic acids is 3. The molecule has 0 bridgehead atoms. The summed E-state index contributed by atoms with van der Waals surface area (Å²) in [6.07, 6.45) is 1.90. The number of amides is 4. The third-order valence-corrected chi connectivity index (χ3v) is 2.64. The maximum Gasteiger partial charge on any atom is 0.328 e. The summed E-state index contributed by atoms with van der Waals surface area (Å²) in [6.45, 7) is 0. The van der Waals surface area contributed by atoms with E-state index < -0.39 is 17.8 Å². The van der Waals surface area contributed by atoms with Gasteiger partial charge in [0.05, 0.1) is 7.11 Å². The average molecular weight is 260 g/mol. The molecule has 6 nitrogen and oxygen atoms in total. The smallest absolute Gasteiger partial charge is 0.328 e. The van der Waals surface area contributed by atoms with Gasteiger partial charge in [-0.2, -0.15) is 0 Å². The number of rotatable bonds is 3. The number of barbiturate groups is 1. The van der Waals surface area contributed by atoms with Crippen LogP contribution in [0.2, 0.25) is 0 Å². The number of urea groups is 1. The summed E-state index contributed by atoms with van der Waals surface area (Å²) >= 11 is 0. The summed E-state index contributed by atoms with van der Waals surface area (Å²) in [5, 5.41) is 4.03. The van der Waals surface area contributed by atoms with Crippen molar-refractivity contribution in [3.05, 3.63) is 41.5 Å². The predicted molar refractivity (Wildman–Crippen MR) is 66.5 cm³/mol. The molecule has 4 amide bonds. The van der Waals surface area contributed by atoms with Crippen molar-refractivity contribution in [2.45, 2.75) is 6.42 Å². The van der Waals surface area contributed by atoms with Crippen molar-refractivity contribution >= 4 is 17.8 Å². The summed E-state index contributed by atoms with van der Waals surface area (Å²) in [5.74, 6) is -0.625. The Labute approximate surface area is 109 Å². The Morgan fingerprint density at radius 1 is 1.05 bits per heavy atom. The molecule has 1 aromatic carbocycles. The Hall–Kier alpha value is -2.63. The van der Waals surface area contributed by atoms with Gasteiger partial charge in [-0.3, -0.25) is 20.2 Å². The fourth-order valence-corrected chi connectivity index (χ4v) is 1.64. The number of hydrogen-bond acceptors (Lipinski definition) is 4. The van der Waals surface area contributed by atoms with Crippen molar-refractivity contribution in [1.82, 2.24) is 10.6 Å². The third-order valence-electron chi connectivity index (χ3n) is 2.64. The first-order valence-electron chi connectivity index (χ1n) is 5.60. The molecule has 1 aliphatic heterocycles. The standard InChI is InChI=1S/C13H12N2O4/c1-19-9-5-2-8(3-6-9)4-7-10-11(16)14-13(18)15-12(10)17/h2-3,5-7H,4H2,1H3,(H2,14,15,16,17,18). The average Bonchev–Trinajstić information content (AvgIpc) is 2.38. The Balaban J connectivity index is 2.10. The molecule has 0 aliphatic carbocycles. The lowest BCUT2D eigenvalue weighted by atomic mass is 10.1. The first kappa shape index (κ1) is 12.8. The molecule has 0 unspecified atom stereocenters. The highest BCUT2D eigenvalue weighted by atomic mass is 16.5. The summed E-state index contributed by atoms with van der Waals surface area (Å²) < 4.78 is 5.03. The van der Waals surface area contributed by atoms with E-state index in [4.69, 9.17) is 4.74 Å². The molecular weight excluding hydrogens is 248 g/mol. The topological polar surface area (TPSA) is 84.5 Å². The first-order chi connectivity index (χ1) is 9.10. The summed E-state index contributed by atoms with van der Waals surface area (Å²) in [6, 6.07) is 6.45. The van der Waals surface area contributed by atoms with Crippen LogP contribution in [0.3, 0.4) is 0 Å². The van der Waals surface area contributed by atoms with E-state index in [1.54, 1.807) is 19.2 Å². The predicted octanol–water partition coefficient (Wildman–Crippen LogP) is 0.530. The molecule has 1 aromatic rings. The van der Waals surface area contributed by atoms with E-state index in [9.17, 15) is 14.4 Å². The van der Waals surface area contributed by atoms with E-state index in [1.807, 2.05) is 22.8 Å². The molecule has 19 heavy (non-hydrogen) atoms. The highest BCUT2D eigenvalue weighted by Gasteiger charge is 2.27. The van der Waals surface area contributed by atoms with Gasteiger partial charge in [-0.25, -0.2) is 4.79 Å². The highest BCUT2D eigenvalue weighted by molar-refractivity contribution is 6.28. The van der Waals surface area contributed by atoms with Gasteiger partial charge in [0.25, 0.3) is 11.8 Å².